The van der Waals surface area contributed by atoms with E-state index in [1.54, 1.807) is 4.31 Å². The Bertz CT molecular complexity index is 1010. The van der Waals surface area contributed by atoms with Gasteiger partial charge < -0.3 is 4.74 Å². The summed E-state index contributed by atoms with van der Waals surface area (Å²) in [7, 11) is -3.13. The van der Waals surface area contributed by atoms with Gasteiger partial charge in [0, 0.05) is 43.2 Å². The molecule has 0 N–H and O–H groups in total. The van der Waals surface area contributed by atoms with E-state index >= 15 is 0 Å². The van der Waals surface area contributed by atoms with Crippen LogP contribution in [0.25, 0.3) is 0 Å². The van der Waals surface area contributed by atoms with E-state index in [0.717, 1.165) is 47.1 Å². The molecule has 1 aliphatic rings. The van der Waals surface area contributed by atoms with Crippen LogP contribution in [0.5, 0.6) is 5.75 Å². The van der Waals surface area contributed by atoms with Crippen LogP contribution in [-0.4, -0.2) is 56.2 Å². The topological polar surface area (TPSA) is 49.9 Å². The van der Waals surface area contributed by atoms with Gasteiger partial charge in [0.2, 0.25) is 10.0 Å². The molecule has 1 saturated heterocycles. The van der Waals surface area contributed by atoms with Crippen molar-refractivity contribution in [3.63, 3.8) is 0 Å². The van der Waals surface area contributed by atoms with Crippen molar-refractivity contribution >= 4 is 21.6 Å². The summed E-state index contributed by atoms with van der Waals surface area (Å²) in [5.41, 5.74) is 3.23. The highest BCUT2D eigenvalue weighted by molar-refractivity contribution is 7.88. The third-order valence-corrected chi connectivity index (χ3v) is 7.35. The van der Waals surface area contributed by atoms with Crippen LogP contribution >= 0.6 is 11.6 Å². The van der Waals surface area contributed by atoms with Gasteiger partial charge in [-0.2, -0.15) is 4.31 Å². The van der Waals surface area contributed by atoms with Crippen molar-refractivity contribution in [2.75, 3.05) is 32.4 Å². The smallest absolute Gasteiger partial charge is 0.211 e. The number of sulfonamides is 1. The molecule has 1 aliphatic heterocycles. The first-order valence-electron chi connectivity index (χ1n) is 10.7. The maximum absolute atomic E-state index is 11.8. The molecule has 0 unspecified atom stereocenters. The first-order chi connectivity index (χ1) is 14.4. The number of ether oxygens (including phenoxy) is 1. The van der Waals surface area contributed by atoms with Crippen molar-refractivity contribution in [2.24, 2.45) is 0 Å². The van der Waals surface area contributed by atoms with Gasteiger partial charge in [0.25, 0.3) is 0 Å². The SMILES string of the molecule is CC(C)Oc1cc(CN2CCN(S(C)(=O)=O)CC2)cc(C(C)(C)c2cccc(Cl)c2)c1. The normalized spacial score (nSPS) is 16.6. The van der Waals surface area contributed by atoms with Gasteiger partial charge in [-0.3, -0.25) is 4.90 Å². The number of benzene rings is 2. The number of hydrogen-bond donors (Lipinski definition) is 0. The largest absolute Gasteiger partial charge is 0.491 e. The Hall–Kier alpha value is -1.60. The number of rotatable bonds is 7. The van der Waals surface area contributed by atoms with Crippen molar-refractivity contribution in [2.45, 2.75) is 45.8 Å². The average molecular weight is 465 g/mol. The Labute approximate surface area is 192 Å². The maximum atomic E-state index is 11.8. The van der Waals surface area contributed by atoms with Crippen molar-refractivity contribution in [3.8, 4) is 5.75 Å². The molecule has 170 valence electrons. The van der Waals surface area contributed by atoms with E-state index in [4.69, 9.17) is 16.3 Å². The molecule has 5 nitrogen and oxygen atoms in total. The van der Waals surface area contributed by atoms with Gasteiger partial charge in [0.05, 0.1) is 12.4 Å². The van der Waals surface area contributed by atoms with Crippen LogP contribution in [0, 0.1) is 0 Å². The van der Waals surface area contributed by atoms with Crippen LogP contribution in [0.15, 0.2) is 42.5 Å². The second-order valence-corrected chi connectivity index (χ2v) is 11.5. The quantitative estimate of drug-likeness (QED) is 0.604. The monoisotopic (exact) mass is 464 g/mol. The molecule has 2 aromatic carbocycles. The zero-order chi connectivity index (χ0) is 22.8. The number of piperazine rings is 1. The minimum absolute atomic E-state index is 0.0793. The minimum Gasteiger partial charge on any atom is -0.491 e. The standard InChI is InChI=1S/C24H33ClN2O3S/c1-18(2)30-23-14-19(17-26-9-11-27(12-10-26)31(5,28)29)13-21(16-23)24(3,4)20-7-6-8-22(25)15-20/h6-8,13-16,18H,9-12,17H2,1-5H3. The Morgan fingerprint density at radius 1 is 1.03 bits per heavy atom. The predicted molar refractivity (Wildman–Crippen MR) is 127 cm³/mol. The molecule has 0 spiro atoms. The molecular weight excluding hydrogens is 432 g/mol. The molecule has 2 aromatic rings. The van der Waals surface area contributed by atoms with Crippen LogP contribution in [-0.2, 0) is 22.0 Å². The molecule has 1 fully saturated rings. The lowest BCUT2D eigenvalue weighted by Crippen LogP contribution is -2.47. The van der Waals surface area contributed by atoms with E-state index in [0.29, 0.717) is 13.1 Å². The summed E-state index contributed by atoms with van der Waals surface area (Å²) in [6, 6.07) is 14.4. The van der Waals surface area contributed by atoms with Crippen molar-refractivity contribution < 1.29 is 13.2 Å². The van der Waals surface area contributed by atoms with Gasteiger partial charge >= 0.3 is 0 Å². The first kappa shape index (κ1) is 24.1. The van der Waals surface area contributed by atoms with Crippen LogP contribution in [0.4, 0.5) is 0 Å². The summed E-state index contributed by atoms with van der Waals surface area (Å²) in [5, 5.41) is 0.726. The van der Waals surface area contributed by atoms with Crippen molar-refractivity contribution in [1.82, 2.24) is 9.21 Å². The van der Waals surface area contributed by atoms with E-state index in [-0.39, 0.29) is 11.5 Å². The third-order valence-electron chi connectivity index (χ3n) is 5.81. The van der Waals surface area contributed by atoms with Gasteiger partial charge in [-0.05, 0) is 54.8 Å². The molecule has 7 heteroatoms. The fourth-order valence-electron chi connectivity index (χ4n) is 3.97. The van der Waals surface area contributed by atoms with Gasteiger partial charge in [-0.1, -0.05) is 43.6 Å². The molecule has 0 atom stereocenters. The molecule has 0 saturated carbocycles. The molecule has 0 aromatic heterocycles. The van der Waals surface area contributed by atoms with Gasteiger partial charge in [0.1, 0.15) is 5.75 Å². The van der Waals surface area contributed by atoms with E-state index in [1.807, 2.05) is 32.0 Å². The lowest BCUT2D eigenvalue weighted by molar-refractivity contribution is 0.181. The molecule has 0 bridgehead atoms. The van der Waals surface area contributed by atoms with Crippen LogP contribution < -0.4 is 4.74 Å². The Morgan fingerprint density at radius 2 is 1.71 bits per heavy atom. The van der Waals surface area contributed by atoms with E-state index in [2.05, 4.69) is 43.0 Å². The average Bonchev–Trinajstić information content (AvgIpc) is 2.67. The maximum Gasteiger partial charge on any atom is 0.211 e. The summed E-state index contributed by atoms with van der Waals surface area (Å²) in [4.78, 5) is 2.30. The van der Waals surface area contributed by atoms with Crippen molar-refractivity contribution in [3.05, 3.63) is 64.2 Å². The molecular formula is C24H33ClN2O3S. The highest BCUT2D eigenvalue weighted by atomic mass is 35.5. The summed E-state index contributed by atoms with van der Waals surface area (Å²) < 4.78 is 31.2. The molecule has 31 heavy (non-hydrogen) atoms. The highest BCUT2D eigenvalue weighted by Gasteiger charge is 2.26. The Kier molecular flexibility index (Phi) is 7.36. The van der Waals surface area contributed by atoms with E-state index < -0.39 is 10.0 Å². The third kappa shape index (κ3) is 6.22. The summed E-state index contributed by atoms with van der Waals surface area (Å²) in [6.45, 7) is 11.7. The van der Waals surface area contributed by atoms with Gasteiger partial charge in [-0.15, -0.1) is 0 Å². The van der Waals surface area contributed by atoms with Gasteiger partial charge in [-0.25, -0.2) is 8.42 Å². The molecule has 0 aliphatic carbocycles. The van der Waals surface area contributed by atoms with Gasteiger partial charge in [0.15, 0.2) is 0 Å². The predicted octanol–water partition coefficient (Wildman–Crippen LogP) is 4.53. The zero-order valence-corrected chi connectivity index (χ0v) is 20.6. The molecule has 0 amide bonds. The van der Waals surface area contributed by atoms with Crippen LogP contribution in [0.1, 0.15) is 44.4 Å². The second-order valence-electron chi connectivity index (χ2n) is 9.11. The fourth-order valence-corrected chi connectivity index (χ4v) is 4.99. The molecule has 1 heterocycles. The first-order valence-corrected chi connectivity index (χ1v) is 12.9. The number of hydrogen-bond acceptors (Lipinski definition) is 4. The van der Waals surface area contributed by atoms with E-state index in [9.17, 15) is 8.42 Å². The lowest BCUT2D eigenvalue weighted by atomic mass is 9.77. The minimum atomic E-state index is -3.13. The van der Waals surface area contributed by atoms with Crippen molar-refractivity contribution in [1.29, 1.82) is 0 Å². The lowest BCUT2D eigenvalue weighted by Gasteiger charge is -2.34. The summed E-state index contributed by atoms with van der Waals surface area (Å²) in [6.07, 6.45) is 1.36. The highest BCUT2D eigenvalue weighted by Crippen LogP contribution is 2.35. The second kappa shape index (κ2) is 9.49. The molecule has 0 radical (unpaired) electrons. The number of halogens is 1. The Balaban J connectivity index is 1.87. The summed E-state index contributed by atoms with van der Waals surface area (Å²) >= 11 is 6.26. The Morgan fingerprint density at radius 3 is 2.29 bits per heavy atom. The molecule has 3 rings (SSSR count). The van der Waals surface area contributed by atoms with Crippen LogP contribution in [0.3, 0.4) is 0 Å². The van der Waals surface area contributed by atoms with Crippen LogP contribution in [0.2, 0.25) is 5.02 Å². The summed E-state index contributed by atoms with van der Waals surface area (Å²) in [5.74, 6) is 0.854. The zero-order valence-electron chi connectivity index (χ0n) is 19.1. The van der Waals surface area contributed by atoms with E-state index in [1.165, 1.54) is 6.26 Å². The fraction of sp³-hybridized carbons (Fsp3) is 0.500. The number of nitrogens with zero attached hydrogens (tertiary/aromatic N) is 2.